The van der Waals surface area contributed by atoms with E-state index in [4.69, 9.17) is 11.6 Å². The molecular weight excluding hydrogens is 392 g/mol. The number of aryl methyl sites for hydroxylation is 1. The molecule has 1 atom stereocenters. The van der Waals surface area contributed by atoms with Crippen molar-refractivity contribution in [2.75, 3.05) is 25.1 Å². The molecule has 0 amide bonds. The molecule has 0 aliphatic carbocycles. The minimum absolute atomic E-state index is 0.0513. The lowest BCUT2D eigenvalue weighted by Crippen LogP contribution is -2.25. The summed E-state index contributed by atoms with van der Waals surface area (Å²) in [5.74, 6) is 0.440. The second kappa shape index (κ2) is 7.46. The van der Waals surface area contributed by atoms with Crippen LogP contribution >= 0.6 is 22.9 Å². The molecule has 142 valence electrons. The zero-order valence-electron chi connectivity index (χ0n) is 15.2. The van der Waals surface area contributed by atoms with E-state index in [1.165, 1.54) is 11.3 Å². The summed E-state index contributed by atoms with van der Waals surface area (Å²) in [7, 11) is -1.05. The molecule has 2 aromatic heterocycles. The van der Waals surface area contributed by atoms with Crippen molar-refractivity contribution in [1.82, 2.24) is 9.47 Å². The van der Waals surface area contributed by atoms with Gasteiger partial charge in [-0.25, -0.2) is 8.42 Å². The van der Waals surface area contributed by atoms with Gasteiger partial charge < -0.3 is 4.57 Å². The van der Waals surface area contributed by atoms with Crippen LogP contribution in [0.3, 0.4) is 0 Å². The Kier molecular flexibility index (Phi) is 5.63. The van der Waals surface area contributed by atoms with Gasteiger partial charge in [-0.2, -0.15) is 0 Å². The lowest BCUT2D eigenvalue weighted by Gasteiger charge is -2.17. The van der Waals surface area contributed by atoms with Gasteiger partial charge in [-0.15, -0.1) is 11.3 Å². The van der Waals surface area contributed by atoms with Crippen LogP contribution in [0.2, 0.25) is 4.34 Å². The van der Waals surface area contributed by atoms with Gasteiger partial charge in [0.15, 0.2) is 15.6 Å². The third-order valence-electron chi connectivity index (χ3n) is 4.83. The number of ketones is 1. The highest BCUT2D eigenvalue weighted by atomic mass is 35.5. The minimum Gasteiger partial charge on any atom is -0.344 e. The molecule has 1 aliphatic heterocycles. The molecule has 1 aliphatic rings. The number of Topliss-reactive ketones (excluding diaryl/α,β-unsaturated/α-hetero) is 1. The number of rotatable bonds is 6. The summed E-state index contributed by atoms with van der Waals surface area (Å²) < 4.78 is 26.4. The Morgan fingerprint density at radius 2 is 2.12 bits per heavy atom. The molecule has 0 bridgehead atoms. The van der Waals surface area contributed by atoms with Crippen LogP contribution in [0.1, 0.15) is 39.1 Å². The van der Waals surface area contributed by atoms with Crippen molar-refractivity contribution in [3.63, 3.8) is 0 Å². The minimum atomic E-state index is -2.96. The fourth-order valence-electron chi connectivity index (χ4n) is 3.69. The summed E-state index contributed by atoms with van der Waals surface area (Å²) in [6.07, 6.45) is 0.616. The van der Waals surface area contributed by atoms with E-state index in [9.17, 15) is 13.2 Å². The summed E-state index contributed by atoms with van der Waals surface area (Å²) in [5.41, 5.74) is 2.49. The second-order valence-corrected chi connectivity index (χ2v) is 11.0. The molecule has 1 saturated heterocycles. The maximum absolute atomic E-state index is 12.8. The van der Waals surface area contributed by atoms with E-state index in [0.29, 0.717) is 25.1 Å². The number of hydrogen-bond donors (Lipinski definition) is 0. The van der Waals surface area contributed by atoms with E-state index in [1.54, 1.807) is 0 Å². The van der Waals surface area contributed by atoms with Crippen molar-refractivity contribution in [2.24, 2.45) is 0 Å². The first-order chi connectivity index (χ1) is 12.2. The molecule has 3 heterocycles. The average molecular weight is 415 g/mol. The number of sulfone groups is 1. The summed E-state index contributed by atoms with van der Waals surface area (Å²) in [6, 6.07) is 5.66. The van der Waals surface area contributed by atoms with Crippen molar-refractivity contribution in [3.8, 4) is 0 Å². The lowest BCUT2D eigenvalue weighted by atomic mass is 10.1. The molecule has 0 aromatic carbocycles. The van der Waals surface area contributed by atoms with Crippen molar-refractivity contribution in [1.29, 1.82) is 0 Å². The lowest BCUT2D eigenvalue weighted by molar-refractivity contribution is 0.0942. The van der Waals surface area contributed by atoms with Gasteiger partial charge >= 0.3 is 0 Å². The normalized spacial score (nSPS) is 19.3. The standard InChI is InChI=1S/C18H23ClN2O3S2/c1-12-8-16(13(2)21(12)14-6-7-26(23,24)11-14)17(22)10-20(3)9-15-4-5-18(19)25-15/h4-5,8,14H,6-7,9-11H2,1-3H3. The Hall–Kier alpha value is -1.15. The Bertz CT molecular complexity index is 930. The predicted octanol–water partition coefficient (Wildman–Crippen LogP) is 3.49. The highest BCUT2D eigenvalue weighted by molar-refractivity contribution is 7.91. The third kappa shape index (κ3) is 4.22. The molecule has 8 heteroatoms. The van der Waals surface area contributed by atoms with Crippen LogP contribution in [-0.4, -0.2) is 48.8 Å². The van der Waals surface area contributed by atoms with Crippen LogP contribution in [0.4, 0.5) is 0 Å². The topological polar surface area (TPSA) is 59.4 Å². The summed E-state index contributed by atoms with van der Waals surface area (Å²) in [4.78, 5) is 15.9. The van der Waals surface area contributed by atoms with E-state index in [1.807, 2.05) is 48.6 Å². The third-order valence-corrected chi connectivity index (χ3v) is 7.79. The molecular formula is C18H23ClN2O3S2. The Labute approximate surface area is 163 Å². The summed E-state index contributed by atoms with van der Waals surface area (Å²) in [6.45, 7) is 4.82. The molecule has 2 aromatic rings. The first-order valence-electron chi connectivity index (χ1n) is 8.51. The highest BCUT2D eigenvalue weighted by Gasteiger charge is 2.31. The van der Waals surface area contributed by atoms with E-state index >= 15 is 0 Å². The number of carbonyl (C=O) groups is 1. The van der Waals surface area contributed by atoms with Gasteiger partial charge in [-0.1, -0.05) is 11.6 Å². The van der Waals surface area contributed by atoms with Gasteiger partial charge in [0.25, 0.3) is 0 Å². The van der Waals surface area contributed by atoms with Crippen LogP contribution in [-0.2, 0) is 16.4 Å². The molecule has 5 nitrogen and oxygen atoms in total. The molecule has 26 heavy (non-hydrogen) atoms. The van der Waals surface area contributed by atoms with E-state index in [0.717, 1.165) is 20.6 Å². The van der Waals surface area contributed by atoms with E-state index in [2.05, 4.69) is 0 Å². The smallest absolute Gasteiger partial charge is 0.178 e. The molecule has 0 N–H and O–H groups in total. The average Bonchev–Trinajstić information content (AvgIpc) is 3.17. The van der Waals surface area contributed by atoms with Crippen molar-refractivity contribution >= 4 is 38.6 Å². The molecule has 0 saturated carbocycles. The Morgan fingerprint density at radius 3 is 2.69 bits per heavy atom. The van der Waals surface area contributed by atoms with Crippen LogP contribution in [0.25, 0.3) is 0 Å². The van der Waals surface area contributed by atoms with Crippen molar-refractivity contribution in [3.05, 3.63) is 44.4 Å². The molecule has 1 fully saturated rings. The van der Waals surface area contributed by atoms with Crippen LogP contribution < -0.4 is 0 Å². The van der Waals surface area contributed by atoms with Gasteiger partial charge in [0.1, 0.15) is 0 Å². The Morgan fingerprint density at radius 1 is 1.38 bits per heavy atom. The molecule has 0 radical (unpaired) electrons. The second-order valence-electron chi connectivity index (χ2n) is 7.01. The molecule has 3 rings (SSSR count). The van der Waals surface area contributed by atoms with Gasteiger partial charge in [0.05, 0.1) is 22.4 Å². The van der Waals surface area contributed by atoms with Gasteiger partial charge in [-0.3, -0.25) is 9.69 Å². The summed E-state index contributed by atoms with van der Waals surface area (Å²) in [5, 5.41) is 0. The number of hydrogen-bond acceptors (Lipinski definition) is 5. The van der Waals surface area contributed by atoms with Crippen molar-refractivity contribution in [2.45, 2.75) is 32.9 Å². The fourth-order valence-corrected chi connectivity index (χ4v) is 6.56. The maximum Gasteiger partial charge on any atom is 0.178 e. The van der Waals surface area contributed by atoms with Crippen LogP contribution in [0.15, 0.2) is 18.2 Å². The van der Waals surface area contributed by atoms with Crippen molar-refractivity contribution < 1.29 is 13.2 Å². The largest absolute Gasteiger partial charge is 0.344 e. The predicted molar refractivity (Wildman–Crippen MR) is 106 cm³/mol. The number of nitrogens with zero attached hydrogens (tertiary/aromatic N) is 2. The monoisotopic (exact) mass is 414 g/mol. The van der Waals surface area contributed by atoms with Gasteiger partial charge in [0.2, 0.25) is 0 Å². The fraction of sp³-hybridized carbons (Fsp3) is 0.500. The van der Waals surface area contributed by atoms with E-state index in [-0.39, 0.29) is 23.3 Å². The number of aromatic nitrogens is 1. The number of halogens is 1. The van der Waals surface area contributed by atoms with Crippen LogP contribution in [0.5, 0.6) is 0 Å². The quantitative estimate of drug-likeness (QED) is 0.679. The zero-order valence-corrected chi connectivity index (χ0v) is 17.5. The zero-order chi connectivity index (χ0) is 19.1. The van der Waals surface area contributed by atoms with Gasteiger partial charge in [0, 0.05) is 34.4 Å². The van der Waals surface area contributed by atoms with E-state index < -0.39 is 9.84 Å². The number of thiophene rings is 1. The highest BCUT2D eigenvalue weighted by Crippen LogP contribution is 2.29. The first kappa shape index (κ1) is 19.6. The Balaban J connectivity index is 1.73. The van der Waals surface area contributed by atoms with Crippen LogP contribution in [0, 0.1) is 13.8 Å². The first-order valence-corrected chi connectivity index (χ1v) is 11.5. The maximum atomic E-state index is 12.8. The number of likely N-dealkylation sites (N-methyl/N-ethyl adjacent to an activating group) is 1. The summed E-state index contributed by atoms with van der Waals surface area (Å²) >= 11 is 7.47. The van der Waals surface area contributed by atoms with Gasteiger partial charge in [-0.05, 0) is 45.5 Å². The molecule has 0 spiro atoms. The SMILES string of the molecule is Cc1cc(C(=O)CN(C)Cc2ccc(Cl)s2)c(C)n1C1CCS(=O)(=O)C1. The molecule has 1 unspecified atom stereocenters. The number of carbonyl (C=O) groups excluding carboxylic acids is 1.